The number of esters is 1. The minimum Gasteiger partial charge on any atom is -0.463 e. The van der Waals surface area contributed by atoms with Gasteiger partial charge in [-0.1, -0.05) is 0 Å². The van der Waals surface area contributed by atoms with Crippen molar-refractivity contribution in [1.82, 2.24) is 15.1 Å². The summed E-state index contributed by atoms with van der Waals surface area (Å²) >= 11 is 0. The van der Waals surface area contributed by atoms with Crippen molar-refractivity contribution in [3.63, 3.8) is 0 Å². The van der Waals surface area contributed by atoms with Gasteiger partial charge in [-0.25, -0.2) is 4.79 Å². The van der Waals surface area contributed by atoms with Gasteiger partial charge in [0.1, 0.15) is 5.76 Å². The van der Waals surface area contributed by atoms with Crippen LogP contribution in [0, 0.1) is 0 Å². The number of furan rings is 1. The Balaban J connectivity index is 1.65. The lowest BCUT2D eigenvalue weighted by Crippen LogP contribution is -2.16. The van der Waals surface area contributed by atoms with Crippen molar-refractivity contribution in [3.05, 3.63) is 42.1 Å². The molecule has 6 nitrogen and oxygen atoms in total. The van der Waals surface area contributed by atoms with E-state index >= 15 is 0 Å². The Labute approximate surface area is 111 Å². The quantitative estimate of drug-likeness (QED) is 0.604. The Hall–Kier alpha value is -2.08. The topological polar surface area (TPSA) is 69.3 Å². The maximum Gasteiger partial charge on any atom is 0.373 e. The first kappa shape index (κ1) is 13.4. The predicted octanol–water partition coefficient (Wildman–Crippen LogP) is 1.44. The van der Waals surface area contributed by atoms with Gasteiger partial charge >= 0.3 is 5.97 Å². The zero-order valence-electron chi connectivity index (χ0n) is 10.8. The van der Waals surface area contributed by atoms with Crippen LogP contribution in [0.3, 0.4) is 0 Å². The molecule has 0 aliphatic heterocycles. The highest BCUT2D eigenvalue weighted by Gasteiger charge is 2.10. The smallest absolute Gasteiger partial charge is 0.373 e. The van der Waals surface area contributed by atoms with Crippen LogP contribution >= 0.6 is 0 Å². The van der Waals surface area contributed by atoms with E-state index in [1.807, 2.05) is 16.9 Å². The number of nitrogens with zero attached hydrogens (tertiary/aromatic N) is 2. The number of aromatic nitrogens is 2. The highest BCUT2D eigenvalue weighted by Crippen LogP contribution is 2.08. The predicted molar refractivity (Wildman–Crippen MR) is 68.6 cm³/mol. The summed E-state index contributed by atoms with van der Waals surface area (Å²) in [4.78, 5) is 11.2. The molecule has 0 radical (unpaired) electrons. The van der Waals surface area contributed by atoms with Gasteiger partial charge in [0.2, 0.25) is 5.76 Å². The average molecular weight is 263 g/mol. The third-order valence-electron chi connectivity index (χ3n) is 2.65. The van der Waals surface area contributed by atoms with E-state index in [-0.39, 0.29) is 5.76 Å². The van der Waals surface area contributed by atoms with Crippen molar-refractivity contribution in [3.8, 4) is 0 Å². The Kier molecular flexibility index (Phi) is 4.74. The minimum absolute atomic E-state index is 0.232. The van der Waals surface area contributed by atoms with Crippen LogP contribution < -0.4 is 5.32 Å². The molecule has 102 valence electrons. The molecule has 0 amide bonds. The van der Waals surface area contributed by atoms with Crippen molar-refractivity contribution in [2.24, 2.45) is 0 Å². The molecule has 0 unspecified atom stereocenters. The number of carbonyl (C=O) groups is 1. The molecular formula is C13H17N3O3. The zero-order valence-corrected chi connectivity index (χ0v) is 10.8. The van der Waals surface area contributed by atoms with Gasteiger partial charge in [-0.05, 0) is 31.2 Å². The molecule has 0 spiro atoms. The SMILES string of the molecule is COC(=O)c1ccc(CNCCCn2cccn2)o1. The normalized spacial score (nSPS) is 10.6. The second-order valence-corrected chi connectivity index (χ2v) is 4.06. The molecule has 19 heavy (non-hydrogen) atoms. The molecule has 0 aliphatic carbocycles. The van der Waals surface area contributed by atoms with E-state index in [2.05, 4.69) is 15.2 Å². The van der Waals surface area contributed by atoms with E-state index in [0.717, 1.165) is 25.3 Å². The average Bonchev–Trinajstić information content (AvgIpc) is 3.08. The molecule has 0 bridgehead atoms. The molecule has 2 aromatic rings. The second kappa shape index (κ2) is 6.75. The summed E-state index contributed by atoms with van der Waals surface area (Å²) in [6.45, 7) is 2.33. The summed E-state index contributed by atoms with van der Waals surface area (Å²) < 4.78 is 11.8. The monoisotopic (exact) mass is 263 g/mol. The van der Waals surface area contributed by atoms with E-state index in [1.54, 1.807) is 18.3 Å². The van der Waals surface area contributed by atoms with Gasteiger partial charge in [-0.15, -0.1) is 0 Å². The molecule has 0 saturated heterocycles. The number of hydrogen-bond donors (Lipinski definition) is 1. The van der Waals surface area contributed by atoms with Crippen LogP contribution in [-0.4, -0.2) is 29.4 Å². The molecule has 0 aliphatic rings. The first-order chi connectivity index (χ1) is 9.29. The standard InChI is InChI=1S/C13H17N3O3/c1-18-13(17)12-5-4-11(19-12)10-14-6-2-8-16-9-3-7-15-16/h3-5,7,9,14H,2,6,8,10H2,1H3. The highest BCUT2D eigenvalue weighted by atomic mass is 16.5. The molecule has 0 aromatic carbocycles. The molecule has 2 aromatic heterocycles. The van der Waals surface area contributed by atoms with Crippen LogP contribution in [0.1, 0.15) is 22.7 Å². The number of carbonyl (C=O) groups excluding carboxylic acids is 1. The number of aryl methyl sites for hydroxylation is 1. The van der Waals surface area contributed by atoms with E-state index in [1.165, 1.54) is 7.11 Å². The maximum atomic E-state index is 11.2. The van der Waals surface area contributed by atoms with Gasteiger partial charge in [0.15, 0.2) is 0 Å². The van der Waals surface area contributed by atoms with Gasteiger partial charge in [0, 0.05) is 18.9 Å². The second-order valence-electron chi connectivity index (χ2n) is 4.06. The fourth-order valence-corrected chi connectivity index (χ4v) is 1.69. The Morgan fingerprint density at radius 2 is 2.42 bits per heavy atom. The van der Waals surface area contributed by atoms with Gasteiger partial charge in [0.25, 0.3) is 0 Å². The van der Waals surface area contributed by atoms with Crippen LogP contribution in [0.25, 0.3) is 0 Å². The van der Waals surface area contributed by atoms with Gasteiger partial charge < -0.3 is 14.5 Å². The summed E-state index contributed by atoms with van der Waals surface area (Å²) in [5, 5.41) is 7.37. The van der Waals surface area contributed by atoms with E-state index in [9.17, 15) is 4.79 Å². The summed E-state index contributed by atoms with van der Waals surface area (Å²) in [5.74, 6) is 0.500. The summed E-state index contributed by atoms with van der Waals surface area (Å²) in [5.41, 5.74) is 0. The Bertz CT molecular complexity index is 505. The molecule has 2 rings (SSSR count). The van der Waals surface area contributed by atoms with E-state index in [4.69, 9.17) is 4.42 Å². The maximum absolute atomic E-state index is 11.2. The molecule has 1 N–H and O–H groups in total. The third-order valence-corrected chi connectivity index (χ3v) is 2.65. The molecule has 6 heteroatoms. The fraction of sp³-hybridized carbons (Fsp3) is 0.385. The van der Waals surface area contributed by atoms with Crippen LogP contribution in [0.15, 0.2) is 35.0 Å². The molecule has 0 fully saturated rings. The van der Waals surface area contributed by atoms with Crippen molar-refractivity contribution in [2.75, 3.05) is 13.7 Å². The molecule has 0 atom stereocenters. The molecule has 0 saturated carbocycles. The number of rotatable bonds is 7. The number of methoxy groups -OCH3 is 1. The van der Waals surface area contributed by atoms with Gasteiger partial charge in [0.05, 0.1) is 13.7 Å². The first-order valence-electron chi connectivity index (χ1n) is 6.15. The molecule has 2 heterocycles. The van der Waals surface area contributed by atoms with Gasteiger partial charge in [-0.2, -0.15) is 5.10 Å². The van der Waals surface area contributed by atoms with Crippen molar-refractivity contribution in [2.45, 2.75) is 19.5 Å². The van der Waals surface area contributed by atoms with Crippen LogP contribution in [0.2, 0.25) is 0 Å². The molecular weight excluding hydrogens is 246 g/mol. The lowest BCUT2D eigenvalue weighted by molar-refractivity contribution is 0.0563. The Morgan fingerprint density at radius 3 is 3.16 bits per heavy atom. The highest BCUT2D eigenvalue weighted by molar-refractivity contribution is 5.86. The van der Waals surface area contributed by atoms with Crippen LogP contribution in [0.4, 0.5) is 0 Å². The third kappa shape index (κ3) is 3.96. The van der Waals surface area contributed by atoms with Crippen LogP contribution in [-0.2, 0) is 17.8 Å². The zero-order chi connectivity index (χ0) is 13.5. The Morgan fingerprint density at radius 1 is 1.53 bits per heavy atom. The summed E-state index contributed by atoms with van der Waals surface area (Å²) in [7, 11) is 1.33. The van der Waals surface area contributed by atoms with Crippen LogP contribution in [0.5, 0.6) is 0 Å². The first-order valence-corrected chi connectivity index (χ1v) is 6.15. The van der Waals surface area contributed by atoms with Crippen molar-refractivity contribution in [1.29, 1.82) is 0 Å². The van der Waals surface area contributed by atoms with Crippen molar-refractivity contribution < 1.29 is 13.9 Å². The number of nitrogens with one attached hydrogen (secondary N) is 1. The van der Waals surface area contributed by atoms with Gasteiger partial charge in [-0.3, -0.25) is 4.68 Å². The number of hydrogen-bond acceptors (Lipinski definition) is 5. The lowest BCUT2D eigenvalue weighted by atomic mass is 10.4. The lowest BCUT2D eigenvalue weighted by Gasteiger charge is -2.03. The minimum atomic E-state index is -0.454. The van der Waals surface area contributed by atoms with E-state index < -0.39 is 5.97 Å². The fourth-order valence-electron chi connectivity index (χ4n) is 1.69. The number of ether oxygens (including phenoxy) is 1. The summed E-state index contributed by atoms with van der Waals surface area (Å²) in [6.07, 6.45) is 4.69. The van der Waals surface area contributed by atoms with Crippen molar-refractivity contribution >= 4 is 5.97 Å². The summed E-state index contributed by atoms with van der Waals surface area (Å²) in [6, 6.07) is 5.30. The van der Waals surface area contributed by atoms with E-state index in [0.29, 0.717) is 6.54 Å². The largest absolute Gasteiger partial charge is 0.463 e.